The van der Waals surface area contributed by atoms with Gasteiger partial charge < -0.3 is 0 Å². The van der Waals surface area contributed by atoms with Gasteiger partial charge in [-0.05, 0) is 38.1 Å². The molecule has 3 rings (SSSR count). The maximum absolute atomic E-state index is 12.5. The van der Waals surface area contributed by atoms with Gasteiger partial charge in [0.2, 0.25) is 5.78 Å². The van der Waals surface area contributed by atoms with E-state index in [2.05, 4.69) is 15.0 Å². The number of nitriles is 1. The lowest BCUT2D eigenvalue weighted by atomic mass is 9.95. The molecule has 1 aliphatic carbocycles. The predicted octanol–water partition coefficient (Wildman–Crippen LogP) is 2.51. The Morgan fingerprint density at radius 3 is 2.26 bits per heavy atom. The molecule has 0 N–H and O–H groups in total. The molecule has 0 saturated heterocycles. The van der Waals surface area contributed by atoms with Crippen molar-refractivity contribution in [3.05, 3.63) is 52.6 Å². The van der Waals surface area contributed by atoms with Crippen LogP contribution in [-0.4, -0.2) is 27.2 Å². The maximum atomic E-state index is 12.5. The van der Waals surface area contributed by atoms with E-state index in [0.29, 0.717) is 22.6 Å². The molecule has 0 radical (unpaired) electrons. The van der Waals surface area contributed by atoms with Crippen LogP contribution in [0, 0.1) is 25.2 Å². The largest absolute Gasteiger partial charge is 0.292 e. The Morgan fingerprint density at radius 2 is 1.65 bits per heavy atom. The number of nitrogens with zero attached hydrogens (tertiary/aromatic N) is 4. The third-order valence-corrected chi connectivity index (χ3v) is 3.64. The first-order valence-electron chi connectivity index (χ1n) is 7.00. The number of ketones is 2. The Labute approximate surface area is 132 Å². The summed E-state index contributed by atoms with van der Waals surface area (Å²) in [5, 5.41) is 8.78. The van der Waals surface area contributed by atoms with E-state index in [1.165, 1.54) is 0 Å². The second-order valence-corrected chi connectivity index (χ2v) is 5.24. The molecule has 1 heterocycles. The Hall–Kier alpha value is -3.20. The fourth-order valence-electron chi connectivity index (χ4n) is 2.27. The minimum atomic E-state index is -0.375. The van der Waals surface area contributed by atoms with Crippen molar-refractivity contribution in [2.24, 2.45) is 4.99 Å². The average molecular weight is 304 g/mol. The topological polar surface area (TPSA) is 96.1 Å². The Bertz CT molecular complexity index is 905. The standard InChI is InChI=1S/C17H12N4O2/c1-9-10(2)20-16-15(19-9)14(22)7-13(17(16)23)21-12-5-3-11(8-18)4-6-12/h3-6H,7H2,1-2H3. The van der Waals surface area contributed by atoms with Crippen LogP contribution in [0.15, 0.2) is 29.3 Å². The number of benzene rings is 1. The monoisotopic (exact) mass is 304 g/mol. The molecule has 6 nitrogen and oxygen atoms in total. The zero-order chi connectivity index (χ0) is 16.6. The summed E-state index contributed by atoms with van der Waals surface area (Å²) in [5.74, 6) is -0.637. The number of fused-ring (bicyclic) bond motifs is 1. The van der Waals surface area contributed by atoms with E-state index < -0.39 is 0 Å². The summed E-state index contributed by atoms with van der Waals surface area (Å²) >= 11 is 0. The number of aryl methyl sites for hydroxylation is 2. The SMILES string of the molecule is Cc1nc2c(nc1C)C(=O)C(=Nc1ccc(C#N)cc1)CC2=O. The highest BCUT2D eigenvalue weighted by Gasteiger charge is 2.32. The highest BCUT2D eigenvalue weighted by Crippen LogP contribution is 2.21. The lowest BCUT2D eigenvalue weighted by Crippen LogP contribution is -2.30. The molecular formula is C17H12N4O2. The second kappa shape index (κ2) is 5.54. The molecule has 2 aromatic rings. The molecule has 0 amide bonds. The summed E-state index contributed by atoms with van der Waals surface area (Å²) in [6, 6.07) is 8.48. The Morgan fingerprint density at radius 1 is 1.04 bits per heavy atom. The summed E-state index contributed by atoms with van der Waals surface area (Å²) in [6.07, 6.45) is -0.0942. The lowest BCUT2D eigenvalue weighted by Gasteiger charge is -2.15. The summed E-state index contributed by atoms with van der Waals surface area (Å²) in [4.78, 5) is 37.4. The van der Waals surface area contributed by atoms with E-state index in [9.17, 15) is 9.59 Å². The van der Waals surface area contributed by atoms with E-state index in [4.69, 9.17) is 5.26 Å². The van der Waals surface area contributed by atoms with Crippen LogP contribution < -0.4 is 0 Å². The minimum absolute atomic E-state index is 0.0664. The molecule has 0 spiro atoms. The molecule has 6 heteroatoms. The molecule has 0 fully saturated rings. The molecule has 1 aliphatic rings. The van der Waals surface area contributed by atoms with Crippen molar-refractivity contribution in [2.75, 3.05) is 0 Å². The van der Waals surface area contributed by atoms with Gasteiger partial charge in [-0.3, -0.25) is 9.59 Å². The van der Waals surface area contributed by atoms with Crippen LogP contribution in [0.2, 0.25) is 0 Å². The predicted molar refractivity (Wildman–Crippen MR) is 83.0 cm³/mol. The van der Waals surface area contributed by atoms with Gasteiger partial charge in [0.1, 0.15) is 11.4 Å². The molecule has 112 valence electrons. The van der Waals surface area contributed by atoms with Crippen LogP contribution >= 0.6 is 0 Å². The minimum Gasteiger partial charge on any atom is -0.292 e. The Balaban J connectivity index is 2.04. The number of rotatable bonds is 1. The first kappa shape index (κ1) is 14.7. The van der Waals surface area contributed by atoms with E-state index in [1.54, 1.807) is 38.1 Å². The van der Waals surface area contributed by atoms with Crippen molar-refractivity contribution in [3.8, 4) is 6.07 Å². The van der Waals surface area contributed by atoms with Gasteiger partial charge in [0.05, 0.1) is 40.8 Å². The number of aliphatic imine (C=N–C) groups is 1. The third-order valence-electron chi connectivity index (χ3n) is 3.64. The highest BCUT2D eigenvalue weighted by atomic mass is 16.1. The molecule has 0 bridgehead atoms. The van der Waals surface area contributed by atoms with Gasteiger partial charge in [0, 0.05) is 0 Å². The molecule has 0 atom stereocenters. The number of carbonyl (C=O) groups excluding carboxylic acids is 2. The summed E-state index contributed by atoms with van der Waals surface area (Å²) in [5.41, 5.74) is 2.60. The molecule has 23 heavy (non-hydrogen) atoms. The smallest absolute Gasteiger partial charge is 0.228 e. The number of carbonyl (C=O) groups is 2. The van der Waals surface area contributed by atoms with Gasteiger partial charge in [0.15, 0.2) is 5.78 Å². The lowest BCUT2D eigenvalue weighted by molar-refractivity contribution is 0.0957. The number of hydrogen-bond donors (Lipinski definition) is 0. The highest BCUT2D eigenvalue weighted by molar-refractivity contribution is 6.52. The summed E-state index contributed by atoms with van der Waals surface area (Å²) < 4.78 is 0. The quantitative estimate of drug-likeness (QED) is 0.806. The van der Waals surface area contributed by atoms with Gasteiger partial charge in [-0.15, -0.1) is 0 Å². The molecule has 0 saturated carbocycles. The van der Waals surface area contributed by atoms with Gasteiger partial charge >= 0.3 is 0 Å². The van der Waals surface area contributed by atoms with Crippen LogP contribution in [0.25, 0.3) is 0 Å². The molecular weight excluding hydrogens is 292 g/mol. The van der Waals surface area contributed by atoms with E-state index in [1.807, 2.05) is 6.07 Å². The molecule has 0 aliphatic heterocycles. The van der Waals surface area contributed by atoms with Crippen molar-refractivity contribution >= 4 is 23.0 Å². The van der Waals surface area contributed by atoms with Crippen molar-refractivity contribution < 1.29 is 9.59 Å². The first-order chi connectivity index (χ1) is 11.0. The van der Waals surface area contributed by atoms with Crippen LogP contribution in [0.4, 0.5) is 5.69 Å². The van der Waals surface area contributed by atoms with Crippen LogP contribution in [0.3, 0.4) is 0 Å². The third kappa shape index (κ3) is 2.64. The number of hydrogen-bond acceptors (Lipinski definition) is 6. The molecule has 1 aromatic heterocycles. The van der Waals surface area contributed by atoms with Gasteiger partial charge in [0.25, 0.3) is 0 Å². The number of Topliss-reactive ketones (excluding diaryl/α,β-unsaturated/α-hetero) is 2. The van der Waals surface area contributed by atoms with E-state index >= 15 is 0 Å². The van der Waals surface area contributed by atoms with Gasteiger partial charge in [-0.25, -0.2) is 15.0 Å². The van der Waals surface area contributed by atoms with Crippen molar-refractivity contribution in [1.82, 2.24) is 9.97 Å². The van der Waals surface area contributed by atoms with Crippen molar-refractivity contribution in [3.63, 3.8) is 0 Å². The second-order valence-electron chi connectivity index (χ2n) is 5.24. The van der Waals surface area contributed by atoms with Gasteiger partial charge in [-0.2, -0.15) is 5.26 Å². The molecule has 1 aromatic carbocycles. The zero-order valence-corrected chi connectivity index (χ0v) is 12.6. The van der Waals surface area contributed by atoms with Crippen LogP contribution in [0.5, 0.6) is 0 Å². The van der Waals surface area contributed by atoms with Crippen molar-refractivity contribution in [2.45, 2.75) is 20.3 Å². The van der Waals surface area contributed by atoms with E-state index in [0.717, 1.165) is 0 Å². The first-order valence-corrected chi connectivity index (χ1v) is 7.00. The fourth-order valence-corrected chi connectivity index (χ4v) is 2.27. The average Bonchev–Trinajstić information content (AvgIpc) is 2.55. The van der Waals surface area contributed by atoms with Crippen LogP contribution in [-0.2, 0) is 0 Å². The normalized spacial score (nSPS) is 15.4. The van der Waals surface area contributed by atoms with E-state index in [-0.39, 0.29) is 35.1 Å². The van der Waals surface area contributed by atoms with Crippen LogP contribution in [0.1, 0.15) is 44.3 Å². The summed E-state index contributed by atoms with van der Waals surface area (Å²) in [6.45, 7) is 3.49. The Kier molecular flexibility index (Phi) is 3.54. The zero-order valence-electron chi connectivity index (χ0n) is 12.6. The summed E-state index contributed by atoms with van der Waals surface area (Å²) in [7, 11) is 0. The maximum Gasteiger partial charge on any atom is 0.228 e. The van der Waals surface area contributed by atoms with Gasteiger partial charge in [-0.1, -0.05) is 0 Å². The molecule has 0 unspecified atom stereocenters. The van der Waals surface area contributed by atoms with Crippen molar-refractivity contribution in [1.29, 1.82) is 5.26 Å². The fraction of sp³-hybridized carbons (Fsp3) is 0.176. The number of aromatic nitrogens is 2.